The first-order valence-corrected chi connectivity index (χ1v) is 2.29. The summed E-state index contributed by atoms with van der Waals surface area (Å²) in [6, 6.07) is 0. The van der Waals surface area contributed by atoms with Crippen LogP contribution in [0, 0.1) is 7.43 Å². The molecule has 0 aliphatic heterocycles. The molecule has 0 heterocycles. The predicted octanol–water partition coefficient (Wildman–Crippen LogP) is 2.08. The second-order valence-corrected chi connectivity index (χ2v) is 0.949. The van der Waals surface area contributed by atoms with Crippen molar-refractivity contribution in [2.24, 2.45) is 0 Å². The van der Waals surface area contributed by atoms with Gasteiger partial charge in [0.1, 0.15) is 0 Å². The summed E-state index contributed by atoms with van der Waals surface area (Å²) in [6.07, 6.45) is 3.46. The average Bonchev–Trinajstić information content (AvgIpc) is 0.918. The van der Waals surface area contributed by atoms with Crippen molar-refractivity contribution >= 4 is 14.5 Å². The summed E-state index contributed by atoms with van der Waals surface area (Å²) in [5.41, 5.74) is 0. The Bertz CT molecular complexity index is 19.2. The molecule has 0 aromatic heterocycles. The molecule has 0 saturated heterocycles. The van der Waals surface area contributed by atoms with Crippen LogP contribution in [-0.2, 0) is 53.8 Å². The summed E-state index contributed by atoms with van der Waals surface area (Å²) in [5, 5.41) is 0. The van der Waals surface area contributed by atoms with Gasteiger partial charge in [0.25, 0.3) is 0 Å². The Balaban J connectivity index is -0.00000000333. The van der Waals surface area contributed by atoms with Crippen molar-refractivity contribution in [3.63, 3.8) is 0 Å². The molecule has 1 radical (unpaired) electrons. The van der Waals surface area contributed by atoms with Gasteiger partial charge in [-0.1, -0.05) is 13.7 Å². The van der Waals surface area contributed by atoms with E-state index in [1.165, 1.54) is 8.20 Å². The van der Waals surface area contributed by atoms with E-state index in [0.29, 0.717) is 0 Å². The van der Waals surface area contributed by atoms with Crippen molar-refractivity contribution in [2.75, 3.05) is 6.66 Å². The van der Waals surface area contributed by atoms with Gasteiger partial charge in [-0.25, -0.2) is 0 Å². The molecule has 0 aromatic rings. The van der Waals surface area contributed by atoms with E-state index >= 15 is 0 Å². The molecule has 0 atom stereocenters. The van der Waals surface area contributed by atoms with Gasteiger partial charge < -0.3 is 7.43 Å². The Morgan fingerprint density at radius 2 is 1.43 bits per heavy atom. The molecule has 7 heavy (non-hydrogen) atoms. The van der Waals surface area contributed by atoms with Crippen molar-refractivity contribution in [3.8, 4) is 0 Å². The summed E-state index contributed by atoms with van der Waals surface area (Å²) in [7, 11) is 1.17. The molecular weight excluding hydrogens is 352 g/mol. The molecule has 0 aliphatic rings. The SMILES string of the molecule is C.C=PC.[CH3-].[W].[Y]. The quantitative estimate of drug-likeness (QED) is 0.456. The maximum absolute atomic E-state index is 3.46. The second-order valence-electron chi connectivity index (χ2n) is 0.316. The molecule has 0 saturated carbocycles. The third kappa shape index (κ3) is 73.5. The first-order chi connectivity index (χ1) is 1.41. The van der Waals surface area contributed by atoms with E-state index in [0.717, 1.165) is 0 Å². The Labute approximate surface area is 88.8 Å². The fourth-order valence-electron chi connectivity index (χ4n) is 0. The topological polar surface area (TPSA) is 0 Å². The first kappa shape index (κ1) is 36.2. The predicted molar refractivity (Wildman–Crippen MR) is 33.1 cm³/mol. The van der Waals surface area contributed by atoms with Crippen LogP contribution < -0.4 is 0 Å². The zero-order chi connectivity index (χ0) is 2.71. The molecule has 43 valence electrons. The van der Waals surface area contributed by atoms with Gasteiger partial charge in [0.05, 0.1) is 0 Å². The van der Waals surface area contributed by atoms with Crippen LogP contribution in [0.5, 0.6) is 0 Å². The van der Waals surface area contributed by atoms with Crippen LogP contribution >= 0.6 is 8.20 Å². The van der Waals surface area contributed by atoms with E-state index in [4.69, 9.17) is 0 Å². The molecule has 0 nitrogen and oxygen atoms in total. The minimum Gasteiger partial charge on any atom is -0.358 e. The Kier molecular flexibility index (Phi) is 227. The molecule has 0 aromatic carbocycles. The molecule has 0 rings (SSSR count). The van der Waals surface area contributed by atoms with Crippen LogP contribution in [0.4, 0.5) is 0 Å². The monoisotopic (exact) mass is 364 g/mol. The Morgan fingerprint density at radius 3 is 1.43 bits per heavy atom. The molecule has 0 unspecified atom stereocenters. The molecular formula is C4H12PWY-. The summed E-state index contributed by atoms with van der Waals surface area (Å²) < 4.78 is 0. The van der Waals surface area contributed by atoms with Gasteiger partial charge in [0.15, 0.2) is 0 Å². The first-order valence-electron chi connectivity index (χ1n) is 0.763. The van der Waals surface area contributed by atoms with Crippen LogP contribution in [0.1, 0.15) is 7.43 Å². The van der Waals surface area contributed by atoms with Gasteiger partial charge in [0.2, 0.25) is 0 Å². The Morgan fingerprint density at radius 1 is 1.43 bits per heavy atom. The van der Waals surface area contributed by atoms with E-state index in [-0.39, 0.29) is 68.6 Å². The van der Waals surface area contributed by atoms with Crippen LogP contribution in [0.2, 0.25) is 0 Å². The normalized spacial score (nSPS) is 3.00. The summed E-state index contributed by atoms with van der Waals surface area (Å²) in [6.45, 7) is 1.99. The molecule has 0 aliphatic carbocycles. The second kappa shape index (κ2) is 44.0. The van der Waals surface area contributed by atoms with Crippen molar-refractivity contribution in [3.05, 3.63) is 7.43 Å². The van der Waals surface area contributed by atoms with E-state index in [2.05, 4.69) is 6.30 Å². The molecule has 0 spiro atoms. The molecule has 0 amide bonds. The van der Waals surface area contributed by atoms with Crippen molar-refractivity contribution in [1.82, 2.24) is 0 Å². The fraction of sp³-hybridized carbons (Fsp3) is 0.500. The third-order valence-corrected chi connectivity index (χ3v) is 0. The van der Waals surface area contributed by atoms with E-state index in [1.807, 2.05) is 6.66 Å². The van der Waals surface area contributed by atoms with Crippen LogP contribution in [0.3, 0.4) is 0 Å². The van der Waals surface area contributed by atoms with Crippen molar-refractivity contribution in [2.45, 2.75) is 7.43 Å². The Hall–Kier alpha value is 1.96. The van der Waals surface area contributed by atoms with Crippen LogP contribution in [0.15, 0.2) is 0 Å². The van der Waals surface area contributed by atoms with Gasteiger partial charge in [-0.05, 0) is 6.66 Å². The van der Waals surface area contributed by atoms with Gasteiger partial charge in [-0.2, -0.15) is 0 Å². The third-order valence-electron chi connectivity index (χ3n) is 0. The minimum atomic E-state index is 0. The number of rotatable bonds is 0. The summed E-state index contributed by atoms with van der Waals surface area (Å²) in [5.74, 6) is 0. The number of hydrogen-bond acceptors (Lipinski definition) is 0. The standard InChI is InChI=1S/C2H5P.CH4.CH3.W.Y/c1-3-2;;;;/h1H2,2H3;1H4;1H3;;/q;;-1;;. The van der Waals surface area contributed by atoms with Gasteiger partial charge in [-0.3, -0.25) is 0 Å². The maximum atomic E-state index is 3.46. The number of hydrogen-bond donors (Lipinski definition) is 0. The zero-order valence-corrected chi connectivity index (χ0v) is 10.8. The summed E-state index contributed by atoms with van der Waals surface area (Å²) >= 11 is 0. The van der Waals surface area contributed by atoms with Gasteiger partial charge >= 0.3 is 0 Å². The molecule has 3 heteroatoms. The smallest absolute Gasteiger partial charge is 0 e. The zero-order valence-electron chi connectivity index (χ0n) is 4.14. The van der Waals surface area contributed by atoms with Crippen molar-refractivity contribution < 1.29 is 53.8 Å². The molecule has 0 N–H and O–H groups in total. The van der Waals surface area contributed by atoms with Crippen molar-refractivity contribution in [1.29, 1.82) is 0 Å². The largest absolute Gasteiger partial charge is 0.358 e. The molecule has 0 bridgehead atoms. The van der Waals surface area contributed by atoms with E-state index in [1.54, 1.807) is 0 Å². The van der Waals surface area contributed by atoms with Crippen LogP contribution in [0.25, 0.3) is 0 Å². The van der Waals surface area contributed by atoms with Gasteiger partial charge in [0, 0.05) is 53.8 Å². The van der Waals surface area contributed by atoms with Gasteiger partial charge in [-0.15, -0.1) is 8.20 Å². The average molecular weight is 364 g/mol. The maximum Gasteiger partial charge on any atom is 0 e. The van der Waals surface area contributed by atoms with E-state index in [9.17, 15) is 0 Å². The fourth-order valence-corrected chi connectivity index (χ4v) is 0. The molecule has 0 fully saturated rings. The minimum absolute atomic E-state index is 0. The van der Waals surface area contributed by atoms with E-state index < -0.39 is 0 Å². The van der Waals surface area contributed by atoms with Crippen LogP contribution in [-0.4, -0.2) is 13.0 Å². The summed E-state index contributed by atoms with van der Waals surface area (Å²) in [4.78, 5) is 0.